The van der Waals surface area contributed by atoms with E-state index in [9.17, 15) is 24.0 Å². The molecular weight excluding hydrogens is 865 g/mol. The van der Waals surface area contributed by atoms with Gasteiger partial charge in [-0.15, -0.1) is 0 Å². The van der Waals surface area contributed by atoms with Crippen molar-refractivity contribution in [1.82, 2.24) is 9.13 Å². The maximum atomic E-state index is 14.6. The van der Waals surface area contributed by atoms with Crippen molar-refractivity contribution in [3.8, 4) is 0 Å². The van der Waals surface area contributed by atoms with Gasteiger partial charge in [-0.1, -0.05) is 135 Å². The fourth-order valence-corrected chi connectivity index (χ4v) is 10.4. The van der Waals surface area contributed by atoms with Crippen molar-refractivity contribution in [2.24, 2.45) is 0 Å². The summed E-state index contributed by atoms with van der Waals surface area (Å²) in [6, 6.07) is 57.0. The maximum absolute atomic E-state index is 14.6. The van der Waals surface area contributed by atoms with Crippen molar-refractivity contribution >= 4 is 72.5 Å². The highest BCUT2D eigenvalue weighted by atomic mass is 16.1. The molecule has 70 heavy (non-hydrogen) atoms. The summed E-state index contributed by atoms with van der Waals surface area (Å²) in [6.07, 6.45) is 0.233. The van der Waals surface area contributed by atoms with Crippen LogP contribution in [-0.4, -0.2) is 38.1 Å². The Labute approximate surface area is 407 Å². The first-order chi connectivity index (χ1) is 34.0. The van der Waals surface area contributed by atoms with Gasteiger partial charge in [0.1, 0.15) is 5.78 Å². The predicted molar refractivity (Wildman–Crippen MR) is 281 cm³/mol. The molecule has 0 aliphatic rings. The second kappa shape index (κ2) is 19.0. The van der Waals surface area contributed by atoms with Gasteiger partial charge < -0.3 is 9.13 Å². The summed E-state index contributed by atoms with van der Waals surface area (Å²) >= 11 is 0. The molecule has 2 aromatic heterocycles. The number of hydrogen-bond donors (Lipinski definition) is 0. The number of hydrogen-bond acceptors (Lipinski definition) is 5. The van der Waals surface area contributed by atoms with E-state index in [4.69, 9.17) is 0 Å². The van der Waals surface area contributed by atoms with Crippen LogP contribution in [0.4, 0.5) is 0 Å². The molecule has 10 rings (SSSR count). The summed E-state index contributed by atoms with van der Waals surface area (Å²) < 4.78 is 4.47. The number of rotatable bonds is 16. The number of nitrogens with zero attached hydrogens (tertiary/aromatic N) is 2. The second-order valence-electron chi connectivity index (χ2n) is 18.3. The molecule has 0 saturated heterocycles. The summed E-state index contributed by atoms with van der Waals surface area (Å²) in [4.78, 5) is 69.7. The molecule has 0 aliphatic heterocycles. The van der Waals surface area contributed by atoms with E-state index >= 15 is 0 Å². The maximum Gasteiger partial charge on any atom is 0.193 e. The van der Waals surface area contributed by atoms with E-state index in [1.807, 2.05) is 135 Å². The van der Waals surface area contributed by atoms with Gasteiger partial charge in [0.15, 0.2) is 23.1 Å². The smallest absolute Gasteiger partial charge is 0.193 e. The SMILES string of the molecule is CCn1c2ccc(C(=O)c3ccccc3CC(=O)c3ccccc3)cc2c2cc(C(C)C(=O)C(C)c3ccc4c(c3)c3cc(C(=O)c5ccccc5CC(=O)c5ccccc5)ccc3n4CC)ccc21. The van der Waals surface area contributed by atoms with Gasteiger partial charge in [-0.2, -0.15) is 0 Å². The van der Waals surface area contributed by atoms with Gasteiger partial charge in [-0.3, -0.25) is 24.0 Å². The number of carbonyl (C=O) groups excluding carboxylic acids is 5. The van der Waals surface area contributed by atoms with E-state index in [0.717, 1.165) is 67.8 Å². The van der Waals surface area contributed by atoms with Gasteiger partial charge in [0.2, 0.25) is 0 Å². The van der Waals surface area contributed by atoms with Crippen molar-refractivity contribution < 1.29 is 24.0 Å². The van der Waals surface area contributed by atoms with Crippen LogP contribution in [0.5, 0.6) is 0 Å². The molecule has 7 nitrogen and oxygen atoms in total. The van der Waals surface area contributed by atoms with Crippen molar-refractivity contribution in [1.29, 1.82) is 0 Å². The standard InChI is InChI=1S/C63H52N2O5/c1-5-64-55-29-25-43(33-51(55)53-35-47(27-31-57(53)64)62(69)49-23-15-13-21-45(49)37-59(66)41-17-9-7-10-18-41)39(3)61(68)40(4)44-26-30-56-52(34-44)54-36-48(28-32-58(54)65(56)6-2)63(70)50-24-16-14-22-46(50)38-60(67)42-19-11-8-12-20-42/h7-36,39-40H,5-6,37-38H2,1-4H3. The van der Waals surface area contributed by atoms with Crippen LogP contribution < -0.4 is 0 Å². The number of fused-ring (bicyclic) bond motifs is 6. The molecule has 2 unspecified atom stereocenters. The Morgan fingerprint density at radius 3 is 1.11 bits per heavy atom. The molecule has 0 radical (unpaired) electrons. The second-order valence-corrected chi connectivity index (χ2v) is 18.3. The molecule has 344 valence electrons. The lowest BCUT2D eigenvalue weighted by atomic mass is 9.85. The first-order valence-electron chi connectivity index (χ1n) is 24.1. The molecule has 0 amide bonds. The highest BCUT2D eigenvalue weighted by molar-refractivity contribution is 6.17. The Morgan fingerprint density at radius 2 is 0.729 bits per heavy atom. The quantitative estimate of drug-likeness (QED) is 0.0900. The molecule has 0 fully saturated rings. The van der Waals surface area contributed by atoms with Gasteiger partial charge in [-0.25, -0.2) is 0 Å². The fraction of sp³-hybridized carbons (Fsp3) is 0.159. The minimum atomic E-state index is -0.441. The largest absolute Gasteiger partial charge is 0.341 e. The third kappa shape index (κ3) is 8.27. The van der Waals surface area contributed by atoms with Gasteiger partial charge in [0.05, 0.1) is 0 Å². The Kier molecular flexibility index (Phi) is 12.4. The van der Waals surface area contributed by atoms with Gasteiger partial charge in [0, 0.05) is 115 Å². The van der Waals surface area contributed by atoms with Crippen LogP contribution in [0.15, 0.2) is 182 Å². The molecule has 8 aromatic carbocycles. The third-order valence-corrected chi connectivity index (χ3v) is 14.2. The van der Waals surface area contributed by atoms with Crippen LogP contribution in [0.2, 0.25) is 0 Å². The van der Waals surface area contributed by atoms with Crippen LogP contribution in [-0.2, 0) is 30.7 Å². The van der Waals surface area contributed by atoms with Crippen LogP contribution in [0.3, 0.4) is 0 Å². The average Bonchev–Trinajstić information content (AvgIpc) is 3.90. The summed E-state index contributed by atoms with van der Waals surface area (Å²) in [5.74, 6) is -1.20. The van der Waals surface area contributed by atoms with Crippen LogP contribution >= 0.6 is 0 Å². The van der Waals surface area contributed by atoms with Crippen molar-refractivity contribution in [2.75, 3.05) is 0 Å². The molecular formula is C63H52N2O5. The molecule has 2 heterocycles. The van der Waals surface area contributed by atoms with Gasteiger partial charge in [0.25, 0.3) is 0 Å². The number of aryl methyl sites for hydroxylation is 2. The van der Waals surface area contributed by atoms with Crippen molar-refractivity contribution in [3.05, 3.63) is 238 Å². The number of aromatic nitrogens is 2. The summed E-state index contributed by atoms with van der Waals surface area (Å²) in [6.45, 7) is 9.57. The monoisotopic (exact) mass is 916 g/mol. The zero-order chi connectivity index (χ0) is 48.6. The molecule has 0 spiro atoms. The van der Waals surface area contributed by atoms with Crippen LogP contribution in [0, 0.1) is 0 Å². The normalized spacial score (nSPS) is 12.4. The van der Waals surface area contributed by atoms with Crippen LogP contribution in [0.25, 0.3) is 43.6 Å². The minimum Gasteiger partial charge on any atom is -0.341 e. The zero-order valence-corrected chi connectivity index (χ0v) is 39.7. The first-order valence-corrected chi connectivity index (χ1v) is 24.1. The van der Waals surface area contributed by atoms with Gasteiger partial charge >= 0.3 is 0 Å². The highest BCUT2D eigenvalue weighted by Crippen LogP contribution is 2.37. The van der Waals surface area contributed by atoms with E-state index in [1.54, 1.807) is 36.4 Å². The Morgan fingerprint density at radius 1 is 0.386 bits per heavy atom. The third-order valence-electron chi connectivity index (χ3n) is 14.2. The van der Waals surface area contributed by atoms with Crippen LogP contribution in [0.1, 0.15) is 114 Å². The number of Topliss-reactive ketones (excluding diaryl/α,β-unsaturated/α-hetero) is 3. The number of ketones is 5. The topological polar surface area (TPSA) is 95.2 Å². The number of carbonyl (C=O) groups is 5. The molecule has 10 aromatic rings. The van der Waals surface area contributed by atoms with E-state index in [1.165, 1.54) is 0 Å². The first kappa shape index (κ1) is 45.5. The Bertz CT molecular complexity index is 3470. The fourth-order valence-electron chi connectivity index (χ4n) is 10.4. The molecule has 0 N–H and O–H groups in total. The Balaban J connectivity index is 0.942. The minimum absolute atomic E-state index is 0.0478. The zero-order valence-electron chi connectivity index (χ0n) is 39.7. The summed E-state index contributed by atoms with van der Waals surface area (Å²) in [5, 5.41) is 3.78. The molecule has 0 aliphatic carbocycles. The number of benzene rings is 8. The predicted octanol–water partition coefficient (Wildman–Crippen LogP) is 13.7. The molecule has 2 atom stereocenters. The summed E-state index contributed by atoms with van der Waals surface area (Å²) in [5.41, 5.74) is 10.5. The average molecular weight is 917 g/mol. The van der Waals surface area contributed by atoms with E-state index < -0.39 is 11.8 Å². The van der Waals surface area contributed by atoms with E-state index in [2.05, 4.69) is 47.2 Å². The lowest BCUT2D eigenvalue weighted by Crippen LogP contribution is -2.16. The van der Waals surface area contributed by atoms with Crippen molar-refractivity contribution in [3.63, 3.8) is 0 Å². The molecule has 7 heteroatoms. The van der Waals surface area contributed by atoms with E-state index in [-0.39, 0.29) is 41.8 Å². The summed E-state index contributed by atoms with van der Waals surface area (Å²) in [7, 11) is 0. The van der Waals surface area contributed by atoms with Crippen molar-refractivity contribution in [2.45, 2.75) is 65.5 Å². The lowest BCUT2D eigenvalue weighted by molar-refractivity contribution is -0.121. The Hall–Kier alpha value is -8.29. The van der Waals surface area contributed by atoms with Gasteiger partial charge in [-0.05, 0) is 96.8 Å². The molecule has 0 bridgehead atoms. The molecule has 0 saturated carbocycles. The van der Waals surface area contributed by atoms with E-state index in [0.29, 0.717) is 44.5 Å². The lowest BCUT2D eigenvalue weighted by Gasteiger charge is -2.18. The highest BCUT2D eigenvalue weighted by Gasteiger charge is 2.26.